The summed E-state index contributed by atoms with van der Waals surface area (Å²) >= 11 is 0. The molecule has 2 nitrogen and oxygen atoms in total. The standard InChI is InChI=1S/C14H23NOS/c1-11(2)12(3)17(16)10-14(9-15)13-7-5-4-6-8-13/h4-8,11-12,14H,9-10,15H2,1-3H3. The van der Waals surface area contributed by atoms with Gasteiger partial charge in [-0.1, -0.05) is 51.1 Å². The maximum atomic E-state index is 12.2. The Morgan fingerprint density at radius 2 is 1.76 bits per heavy atom. The minimum Gasteiger partial charge on any atom is -0.330 e. The van der Waals surface area contributed by atoms with Crippen LogP contribution >= 0.6 is 0 Å². The molecule has 0 saturated heterocycles. The molecule has 0 aromatic heterocycles. The molecule has 3 unspecified atom stereocenters. The average Bonchev–Trinajstić information content (AvgIpc) is 2.35. The topological polar surface area (TPSA) is 43.1 Å². The predicted molar refractivity (Wildman–Crippen MR) is 75.5 cm³/mol. The van der Waals surface area contributed by atoms with E-state index >= 15 is 0 Å². The van der Waals surface area contributed by atoms with Crippen LogP contribution in [-0.2, 0) is 10.8 Å². The van der Waals surface area contributed by atoms with Gasteiger partial charge in [-0.3, -0.25) is 4.21 Å². The SMILES string of the molecule is CC(C)C(C)S(=O)CC(CN)c1ccccc1. The summed E-state index contributed by atoms with van der Waals surface area (Å²) in [6, 6.07) is 10.1. The van der Waals surface area contributed by atoms with E-state index in [0.29, 0.717) is 18.2 Å². The molecule has 1 aromatic rings. The highest BCUT2D eigenvalue weighted by Gasteiger charge is 2.19. The van der Waals surface area contributed by atoms with Crippen molar-refractivity contribution in [2.75, 3.05) is 12.3 Å². The molecular formula is C14H23NOS. The van der Waals surface area contributed by atoms with Crippen LogP contribution in [0.2, 0.25) is 0 Å². The predicted octanol–water partition coefficient (Wildman–Crippen LogP) is 2.52. The van der Waals surface area contributed by atoms with Gasteiger partial charge in [0.1, 0.15) is 0 Å². The van der Waals surface area contributed by atoms with Gasteiger partial charge in [-0.25, -0.2) is 0 Å². The zero-order valence-corrected chi connectivity index (χ0v) is 11.7. The smallest absolute Gasteiger partial charge is 0.0342 e. The van der Waals surface area contributed by atoms with Crippen molar-refractivity contribution in [1.82, 2.24) is 0 Å². The lowest BCUT2D eigenvalue weighted by atomic mass is 10.0. The highest BCUT2D eigenvalue weighted by atomic mass is 32.2. The summed E-state index contributed by atoms with van der Waals surface area (Å²) in [7, 11) is -0.805. The molecule has 2 N–H and O–H groups in total. The number of benzene rings is 1. The van der Waals surface area contributed by atoms with E-state index in [0.717, 1.165) is 0 Å². The first-order valence-electron chi connectivity index (χ1n) is 6.18. The van der Waals surface area contributed by atoms with Gasteiger partial charge in [0.05, 0.1) is 0 Å². The van der Waals surface area contributed by atoms with Gasteiger partial charge in [0, 0.05) is 34.3 Å². The van der Waals surface area contributed by atoms with Crippen LogP contribution in [0, 0.1) is 5.92 Å². The fourth-order valence-corrected chi connectivity index (χ4v) is 3.31. The molecular weight excluding hydrogens is 230 g/mol. The lowest BCUT2D eigenvalue weighted by molar-refractivity contribution is 0.600. The average molecular weight is 253 g/mol. The third-order valence-electron chi connectivity index (χ3n) is 3.27. The molecule has 1 rings (SSSR count). The molecule has 0 fully saturated rings. The van der Waals surface area contributed by atoms with Crippen molar-refractivity contribution in [1.29, 1.82) is 0 Å². The highest BCUT2D eigenvalue weighted by molar-refractivity contribution is 7.85. The lowest BCUT2D eigenvalue weighted by Crippen LogP contribution is -2.26. The van der Waals surface area contributed by atoms with Gasteiger partial charge < -0.3 is 5.73 Å². The van der Waals surface area contributed by atoms with Crippen molar-refractivity contribution in [3.05, 3.63) is 35.9 Å². The summed E-state index contributed by atoms with van der Waals surface area (Å²) < 4.78 is 12.2. The van der Waals surface area contributed by atoms with Crippen LogP contribution in [0.5, 0.6) is 0 Å². The van der Waals surface area contributed by atoms with E-state index in [-0.39, 0.29) is 11.2 Å². The fourth-order valence-electron chi connectivity index (χ4n) is 1.68. The van der Waals surface area contributed by atoms with Crippen molar-refractivity contribution < 1.29 is 4.21 Å². The van der Waals surface area contributed by atoms with Crippen molar-refractivity contribution in [3.63, 3.8) is 0 Å². The normalized spacial score (nSPS) is 16.8. The second-order valence-corrected chi connectivity index (χ2v) is 6.68. The Kier molecular flexibility index (Phi) is 5.86. The third-order valence-corrected chi connectivity index (χ3v) is 5.38. The van der Waals surface area contributed by atoms with Gasteiger partial charge in [0.2, 0.25) is 0 Å². The molecule has 0 aliphatic heterocycles. The second-order valence-electron chi connectivity index (χ2n) is 4.84. The number of rotatable bonds is 6. The van der Waals surface area contributed by atoms with Gasteiger partial charge >= 0.3 is 0 Å². The molecule has 0 radical (unpaired) electrons. The summed E-state index contributed by atoms with van der Waals surface area (Å²) in [4.78, 5) is 0. The molecule has 0 heterocycles. The number of hydrogen-bond donors (Lipinski definition) is 1. The van der Waals surface area contributed by atoms with E-state index in [9.17, 15) is 4.21 Å². The second kappa shape index (κ2) is 6.92. The van der Waals surface area contributed by atoms with Gasteiger partial charge in [-0.05, 0) is 11.5 Å². The summed E-state index contributed by atoms with van der Waals surface area (Å²) in [6.07, 6.45) is 0. The van der Waals surface area contributed by atoms with Crippen molar-refractivity contribution in [2.24, 2.45) is 11.7 Å². The van der Waals surface area contributed by atoms with Crippen LogP contribution < -0.4 is 5.73 Å². The van der Waals surface area contributed by atoms with Gasteiger partial charge in [0.25, 0.3) is 0 Å². The minimum absolute atomic E-state index is 0.207. The lowest BCUT2D eigenvalue weighted by Gasteiger charge is -2.20. The zero-order valence-electron chi connectivity index (χ0n) is 10.9. The molecule has 1 aromatic carbocycles. The molecule has 0 bridgehead atoms. The fraction of sp³-hybridized carbons (Fsp3) is 0.571. The Bertz CT molecular complexity index is 350. The minimum atomic E-state index is -0.805. The van der Waals surface area contributed by atoms with E-state index in [1.165, 1.54) is 5.56 Å². The molecule has 17 heavy (non-hydrogen) atoms. The maximum absolute atomic E-state index is 12.2. The van der Waals surface area contributed by atoms with Crippen LogP contribution in [0.25, 0.3) is 0 Å². The van der Waals surface area contributed by atoms with Crippen LogP contribution in [-0.4, -0.2) is 21.8 Å². The summed E-state index contributed by atoms with van der Waals surface area (Å²) in [5.74, 6) is 1.32. The Hall–Kier alpha value is -0.670. The first kappa shape index (κ1) is 14.4. The van der Waals surface area contributed by atoms with E-state index < -0.39 is 10.8 Å². The Balaban J connectivity index is 2.68. The maximum Gasteiger partial charge on any atom is 0.0342 e. The van der Waals surface area contributed by atoms with Crippen molar-refractivity contribution in [3.8, 4) is 0 Å². The summed E-state index contributed by atoms with van der Waals surface area (Å²) in [6.45, 7) is 6.84. The van der Waals surface area contributed by atoms with E-state index in [1.54, 1.807) is 0 Å². The van der Waals surface area contributed by atoms with E-state index in [1.807, 2.05) is 18.2 Å². The van der Waals surface area contributed by atoms with E-state index in [4.69, 9.17) is 5.73 Å². The third kappa shape index (κ3) is 4.25. The number of hydrogen-bond acceptors (Lipinski definition) is 2. The van der Waals surface area contributed by atoms with Gasteiger partial charge in [-0.2, -0.15) is 0 Å². The largest absolute Gasteiger partial charge is 0.330 e. The molecule has 0 saturated carbocycles. The Labute approximate surface area is 107 Å². The monoisotopic (exact) mass is 253 g/mol. The van der Waals surface area contributed by atoms with Crippen LogP contribution in [0.3, 0.4) is 0 Å². The first-order chi connectivity index (χ1) is 8.06. The molecule has 0 amide bonds. The molecule has 96 valence electrons. The van der Waals surface area contributed by atoms with Crippen LogP contribution in [0.15, 0.2) is 30.3 Å². The van der Waals surface area contributed by atoms with Gasteiger partial charge in [0.15, 0.2) is 0 Å². The molecule has 0 aliphatic carbocycles. The molecule has 0 spiro atoms. The van der Waals surface area contributed by atoms with E-state index in [2.05, 4.69) is 32.9 Å². The Morgan fingerprint density at radius 3 is 2.24 bits per heavy atom. The molecule has 3 heteroatoms. The quantitative estimate of drug-likeness (QED) is 0.846. The van der Waals surface area contributed by atoms with Crippen LogP contribution in [0.1, 0.15) is 32.3 Å². The first-order valence-corrected chi connectivity index (χ1v) is 7.56. The van der Waals surface area contributed by atoms with Crippen molar-refractivity contribution in [2.45, 2.75) is 31.9 Å². The highest BCUT2D eigenvalue weighted by Crippen LogP contribution is 2.19. The van der Waals surface area contributed by atoms with Crippen LogP contribution in [0.4, 0.5) is 0 Å². The summed E-state index contributed by atoms with van der Waals surface area (Å²) in [5.41, 5.74) is 6.99. The summed E-state index contributed by atoms with van der Waals surface area (Å²) in [5, 5.41) is 0.229. The zero-order chi connectivity index (χ0) is 12.8. The van der Waals surface area contributed by atoms with Crippen molar-refractivity contribution >= 4 is 10.8 Å². The van der Waals surface area contributed by atoms with Gasteiger partial charge in [-0.15, -0.1) is 0 Å². The number of nitrogens with two attached hydrogens (primary N) is 1. The molecule has 0 aliphatic rings. The Morgan fingerprint density at radius 1 is 1.18 bits per heavy atom. The molecule has 3 atom stereocenters.